The van der Waals surface area contributed by atoms with Crippen LogP contribution < -0.4 is 5.32 Å². The maximum atomic E-state index is 13.8. The van der Waals surface area contributed by atoms with Crippen molar-refractivity contribution >= 4 is 0 Å². The number of halogens is 1. The van der Waals surface area contributed by atoms with Crippen LogP contribution in [-0.2, 0) is 5.60 Å². The molecule has 1 fully saturated rings. The Morgan fingerprint density at radius 3 is 2.83 bits per heavy atom. The molecule has 3 unspecified atom stereocenters. The molecule has 0 spiro atoms. The van der Waals surface area contributed by atoms with Crippen LogP contribution in [0.2, 0.25) is 0 Å². The first-order valence-corrected chi connectivity index (χ1v) is 6.76. The highest BCUT2D eigenvalue weighted by molar-refractivity contribution is 5.25. The predicted molar refractivity (Wildman–Crippen MR) is 70.8 cm³/mol. The highest BCUT2D eigenvalue weighted by Crippen LogP contribution is 2.33. The summed E-state index contributed by atoms with van der Waals surface area (Å²) in [5.74, 6) is 0.289. The summed E-state index contributed by atoms with van der Waals surface area (Å²) in [7, 11) is 0. The molecule has 1 aromatic carbocycles. The van der Waals surface area contributed by atoms with Crippen LogP contribution in [0.1, 0.15) is 38.7 Å². The van der Waals surface area contributed by atoms with Crippen LogP contribution in [0.4, 0.5) is 4.39 Å². The van der Waals surface area contributed by atoms with E-state index in [1.165, 1.54) is 6.07 Å². The second-order valence-corrected chi connectivity index (χ2v) is 5.43. The molecule has 18 heavy (non-hydrogen) atoms. The Labute approximate surface area is 108 Å². The van der Waals surface area contributed by atoms with Crippen molar-refractivity contribution in [2.24, 2.45) is 5.92 Å². The summed E-state index contributed by atoms with van der Waals surface area (Å²) in [5.41, 5.74) is -0.765. The molecule has 0 radical (unpaired) electrons. The van der Waals surface area contributed by atoms with Crippen LogP contribution in [0.5, 0.6) is 0 Å². The average Bonchev–Trinajstić information content (AvgIpc) is 2.39. The van der Waals surface area contributed by atoms with Crippen LogP contribution >= 0.6 is 0 Å². The van der Waals surface area contributed by atoms with Crippen LogP contribution in [0.25, 0.3) is 0 Å². The van der Waals surface area contributed by atoms with E-state index in [4.69, 9.17) is 0 Å². The molecule has 1 saturated heterocycles. The molecule has 1 heterocycles. The van der Waals surface area contributed by atoms with Crippen molar-refractivity contribution in [3.8, 4) is 0 Å². The average molecular weight is 251 g/mol. The Bertz CT molecular complexity index is 405. The number of nitrogens with one attached hydrogen (secondary N) is 1. The Morgan fingerprint density at radius 1 is 1.44 bits per heavy atom. The van der Waals surface area contributed by atoms with Gasteiger partial charge in [0.1, 0.15) is 11.4 Å². The Balaban J connectivity index is 2.22. The smallest absolute Gasteiger partial charge is 0.129 e. The molecule has 2 rings (SSSR count). The predicted octanol–water partition coefficient (Wildman–Crippen LogP) is 2.81. The number of hydrogen-bond donors (Lipinski definition) is 2. The molecule has 0 saturated carbocycles. The van der Waals surface area contributed by atoms with Gasteiger partial charge >= 0.3 is 0 Å². The summed E-state index contributed by atoms with van der Waals surface area (Å²) in [4.78, 5) is 0. The Morgan fingerprint density at radius 2 is 2.17 bits per heavy atom. The summed E-state index contributed by atoms with van der Waals surface area (Å²) >= 11 is 0. The maximum Gasteiger partial charge on any atom is 0.129 e. The van der Waals surface area contributed by atoms with Crippen molar-refractivity contribution in [2.45, 2.75) is 44.8 Å². The lowest BCUT2D eigenvalue weighted by atomic mass is 9.79. The topological polar surface area (TPSA) is 32.3 Å². The zero-order chi connectivity index (χ0) is 13.2. The molecular formula is C15H22FNO. The number of rotatable bonds is 3. The lowest BCUT2D eigenvalue weighted by molar-refractivity contribution is -0.00594. The Hall–Kier alpha value is -0.930. The van der Waals surface area contributed by atoms with Gasteiger partial charge in [-0.1, -0.05) is 31.5 Å². The maximum absolute atomic E-state index is 13.8. The minimum atomic E-state index is -1.15. The largest absolute Gasteiger partial charge is 0.384 e. The van der Waals surface area contributed by atoms with Gasteiger partial charge in [-0.15, -0.1) is 0 Å². The van der Waals surface area contributed by atoms with Gasteiger partial charge in [0.2, 0.25) is 0 Å². The highest BCUT2D eigenvalue weighted by Gasteiger charge is 2.38. The van der Waals surface area contributed by atoms with Gasteiger partial charge in [0.25, 0.3) is 0 Å². The van der Waals surface area contributed by atoms with Crippen LogP contribution in [0.15, 0.2) is 24.3 Å². The molecule has 1 aliphatic heterocycles. The quantitative estimate of drug-likeness (QED) is 0.866. The zero-order valence-electron chi connectivity index (χ0n) is 11.1. The van der Waals surface area contributed by atoms with E-state index in [0.29, 0.717) is 11.5 Å². The van der Waals surface area contributed by atoms with E-state index in [-0.39, 0.29) is 11.9 Å². The van der Waals surface area contributed by atoms with Crippen molar-refractivity contribution in [3.63, 3.8) is 0 Å². The number of benzene rings is 1. The van der Waals surface area contributed by atoms with Gasteiger partial charge in [-0.05, 0) is 38.3 Å². The molecule has 2 N–H and O–H groups in total. The molecule has 100 valence electrons. The fourth-order valence-corrected chi connectivity index (χ4v) is 2.85. The summed E-state index contributed by atoms with van der Waals surface area (Å²) < 4.78 is 13.8. The van der Waals surface area contributed by atoms with Crippen molar-refractivity contribution in [1.29, 1.82) is 0 Å². The van der Waals surface area contributed by atoms with Gasteiger partial charge in [-0.3, -0.25) is 0 Å². The van der Waals surface area contributed by atoms with Gasteiger partial charge in [-0.25, -0.2) is 4.39 Å². The van der Waals surface area contributed by atoms with E-state index in [9.17, 15) is 9.50 Å². The van der Waals surface area contributed by atoms with Crippen molar-refractivity contribution < 1.29 is 9.50 Å². The highest BCUT2D eigenvalue weighted by atomic mass is 19.1. The van der Waals surface area contributed by atoms with E-state index in [2.05, 4.69) is 12.2 Å². The molecule has 1 aromatic rings. The van der Waals surface area contributed by atoms with Gasteiger partial charge in [0.15, 0.2) is 0 Å². The standard InChI is InChI=1S/C15H22FNO/c1-3-11-8-9-17-14(10-11)15(2,18)12-6-4-5-7-13(12)16/h4-7,11,14,17-18H,3,8-10H2,1-2H3. The lowest BCUT2D eigenvalue weighted by Gasteiger charge is -2.39. The molecular weight excluding hydrogens is 229 g/mol. The lowest BCUT2D eigenvalue weighted by Crippen LogP contribution is -2.51. The molecule has 0 bridgehead atoms. The van der Waals surface area contributed by atoms with E-state index in [1.807, 2.05) is 0 Å². The third-order valence-corrected chi connectivity index (χ3v) is 4.19. The first kappa shape index (κ1) is 13.5. The number of piperidine rings is 1. The van der Waals surface area contributed by atoms with Crippen LogP contribution in [0, 0.1) is 11.7 Å². The van der Waals surface area contributed by atoms with E-state index in [1.54, 1.807) is 25.1 Å². The second-order valence-electron chi connectivity index (χ2n) is 5.43. The fourth-order valence-electron chi connectivity index (χ4n) is 2.85. The van der Waals surface area contributed by atoms with Gasteiger partial charge < -0.3 is 10.4 Å². The van der Waals surface area contributed by atoms with E-state index >= 15 is 0 Å². The number of hydrogen-bond acceptors (Lipinski definition) is 2. The second kappa shape index (κ2) is 5.37. The molecule has 0 amide bonds. The molecule has 0 aromatic heterocycles. The summed E-state index contributed by atoms with van der Waals surface area (Å²) in [6.45, 7) is 4.78. The van der Waals surface area contributed by atoms with Crippen LogP contribution in [0.3, 0.4) is 0 Å². The third kappa shape index (κ3) is 2.57. The van der Waals surface area contributed by atoms with Crippen LogP contribution in [-0.4, -0.2) is 17.7 Å². The fraction of sp³-hybridized carbons (Fsp3) is 0.600. The van der Waals surface area contributed by atoms with Gasteiger partial charge in [0.05, 0.1) is 0 Å². The first-order valence-electron chi connectivity index (χ1n) is 6.76. The zero-order valence-corrected chi connectivity index (χ0v) is 11.1. The monoisotopic (exact) mass is 251 g/mol. The minimum Gasteiger partial charge on any atom is -0.384 e. The Kier molecular flexibility index (Phi) is 4.03. The van der Waals surface area contributed by atoms with E-state index in [0.717, 1.165) is 25.8 Å². The van der Waals surface area contributed by atoms with Gasteiger partial charge in [-0.2, -0.15) is 0 Å². The molecule has 0 aliphatic carbocycles. The van der Waals surface area contributed by atoms with Crippen molar-refractivity contribution in [1.82, 2.24) is 5.32 Å². The van der Waals surface area contributed by atoms with Crippen molar-refractivity contribution in [3.05, 3.63) is 35.6 Å². The minimum absolute atomic E-state index is 0.0758. The first-order chi connectivity index (χ1) is 8.55. The van der Waals surface area contributed by atoms with Crippen molar-refractivity contribution in [2.75, 3.05) is 6.54 Å². The summed E-state index contributed by atoms with van der Waals surface area (Å²) in [6.07, 6.45) is 3.16. The molecule has 3 heteroatoms. The third-order valence-electron chi connectivity index (χ3n) is 4.19. The molecule has 1 aliphatic rings. The van der Waals surface area contributed by atoms with Gasteiger partial charge in [0, 0.05) is 11.6 Å². The molecule has 3 atom stereocenters. The number of aliphatic hydroxyl groups is 1. The summed E-state index contributed by atoms with van der Waals surface area (Å²) in [6, 6.07) is 6.43. The SMILES string of the molecule is CCC1CCNC(C(C)(O)c2ccccc2F)C1. The summed E-state index contributed by atoms with van der Waals surface area (Å²) in [5, 5.41) is 14.0. The van der Waals surface area contributed by atoms with E-state index < -0.39 is 5.60 Å². The normalized spacial score (nSPS) is 27.8. The molecule has 2 nitrogen and oxygen atoms in total.